The molecule has 2 aromatic carbocycles. The van der Waals surface area contributed by atoms with Gasteiger partial charge in [-0.3, -0.25) is 4.68 Å². The molecule has 0 amide bonds. The fourth-order valence-corrected chi connectivity index (χ4v) is 2.54. The Kier molecular flexibility index (Phi) is 3.88. The minimum Gasteiger partial charge on any atom is -0.508 e. The van der Waals surface area contributed by atoms with Crippen LogP contribution in [-0.4, -0.2) is 14.9 Å². The van der Waals surface area contributed by atoms with Crippen molar-refractivity contribution < 1.29 is 5.11 Å². The van der Waals surface area contributed by atoms with Crippen LogP contribution in [0.25, 0.3) is 10.9 Å². The quantitative estimate of drug-likeness (QED) is 0.755. The maximum atomic E-state index is 9.76. The molecule has 3 rings (SSSR count). The van der Waals surface area contributed by atoms with Gasteiger partial charge in [0.25, 0.3) is 0 Å². The van der Waals surface area contributed by atoms with Crippen molar-refractivity contribution in [3.8, 4) is 5.75 Å². The average molecular weight is 281 g/mol. The molecule has 0 atom stereocenters. The Morgan fingerprint density at radius 1 is 1.05 bits per heavy atom. The van der Waals surface area contributed by atoms with Crippen LogP contribution in [0.3, 0.4) is 0 Å². The summed E-state index contributed by atoms with van der Waals surface area (Å²) in [7, 11) is 0. The van der Waals surface area contributed by atoms with Gasteiger partial charge in [-0.1, -0.05) is 36.4 Å². The number of aryl methyl sites for hydroxylation is 1. The fraction of sp³-hybridized carbons (Fsp3) is 0.235. The molecule has 108 valence electrons. The molecule has 2 N–H and O–H groups in total. The second kappa shape index (κ2) is 5.97. The van der Waals surface area contributed by atoms with Crippen molar-refractivity contribution in [1.82, 2.24) is 15.1 Å². The maximum Gasteiger partial charge on any atom is 0.120 e. The molecule has 0 aliphatic carbocycles. The normalized spacial score (nSPS) is 11.1. The van der Waals surface area contributed by atoms with E-state index in [4.69, 9.17) is 0 Å². The zero-order valence-corrected chi connectivity index (χ0v) is 12.1. The molecule has 1 heterocycles. The molecule has 4 nitrogen and oxygen atoms in total. The van der Waals surface area contributed by atoms with E-state index in [0.29, 0.717) is 18.8 Å². The van der Waals surface area contributed by atoms with E-state index in [2.05, 4.69) is 29.5 Å². The van der Waals surface area contributed by atoms with E-state index in [9.17, 15) is 5.11 Å². The predicted molar refractivity (Wildman–Crippen MR) is 84.1 cm³/mol. The van der Waals surface area contributed by atoms with Gasteiger partial charge < -0.3 is 10.4 Å². The Balaban J connectivity index is 1.75. The zero-order valence-electron chi connectivity index (χ0n) is 12.1. The predicted octanol–water partition coefficient (Wildman–Crippen LogP) is 3.05. The van der Waals surface area contributed by atoms with E-state index in [-0.39, 0.29) is 0 Å². The number of aromatic hydroxyl groups is 1. The van der Waals surface area contributed by atoms with Crippen molar-refractivity contribution in [2.75, 3.05) is 0 Å². The van der Waals surface area contributed by atoms with Crippen LogP contribution in [0.15, 0.2) is 48.5 Å². The van der Waals surface area contributed by atoms with E-state index in [0.717, 1.165) is 17.8 Å². The lowest BCUT2D eigenvalue weighted by atomic mass is 10.2. The molecule has 0 aliphatic rings. The van der Waals surface area contributed by atoms with Crippen molar-refractivity contribution in [1.29, 1.82) is 0 Å². The number of fused-ring (bicyclic) bond motifs is 1. The molecular formula is C17H19N3O. The smallest absolute Gasteiger partial charge is 0.120 e. The summed E-state index contributed by atoms with van der Waals surface area (Å²) in [6, 6.07) is 15.7. The first-order valence-electron chi connectivity index (χ1n) is 7.21. The van der Waals surface area contributed by atoms with Crippen LogP contribution in [0.2, 0.25) is 0 Å². The lowest BCUT2D eigenvalue weighted by molar-refractivity contribution is 0.464. The van der Waals surface area contributed by atoms with E-state index < -0.39 is 0 Å². The summed E-state index contributed by atoms with van der Waals surface area (Å²) in [5, 5.41) is 19.0. The molecule has 0 aliphatic heterocycles. The Bertz CT molecular complexity index is 749. The molecule has 4 heteroatoms. The maximum absolute atomic E-state index is 9.76. The van der Waals surface area contributed by atoms with E-state index in [1.54, 1.807) is 6.07 Å². The van der Waals surface area contributed by atoms with Crippen molar-refractivity contribution in [2.24, 2.45) is 0 Å². The van der Waals surface area contributed by atoms with Gasteiger partial charge in [-0.2, -0.15) is 5.10 Å². The standard InChI is InChI=1S/C17H19N3O/c1-2-20-16-9-5-4-8-14(16)15(19-20)12-18-11-13-7-3-6-10-17(13)21/h3-10,18,21H,2,11-12H2,1H3. The van der Waals surface area contributed by atoms with Gasteiger partial charge in [0.2, 0.25) is 0 Å². The van der Waals surface area contributed by atoms with E-state index in [1.807, 2.05) is 35.0 Å². The van der Waals surface area contributed by atoms with Crippen LogP contribution in [0.1, 0.15) is 18.2 Å². The van der Waals surface area contributed by atoms with Gasteiger partial charge in [0.15, 0.2) is 0 Å². The van der Waals surface area contributed by atoms with Crippen LogP contribution in [0.5, 0.6) is 5.75 Å². The summed E-state index contributed by atoms with van der Waals surface area (Å²) in [5.74, 6) is 0.328. The lowest BCUT2D eigenvalue weighted by Crippen LogP contribution is -2.13. The first kappa shape index (κ1) is 13.6. The van der Waals surface area contributed by atoms with Gasteiger partial charge in [0.05, 0.1) is 11.2 Å². The van der Waals surface area contributed by atoms with E-state index in [1.165, 1.54) is 10.9 Å². The van der Waals surface area contributed by atoms with Gasteiger partial charge >= 0.3 is 0 Å². The van der Waals surface area contributed by atoms with Crippen molar-refractivity contribution in [2.45, 2.75) is 26.6 Å². The van der Waals surface area contributed by atoms with Crippen LogP contribution in [-0.2, 0) is 19.6 Å². The molecule has 0 saturated heterocycles. The summed E-state index contributed by atoms with van der Waals surface area (Å²) in [6.45, 7) is 4.26. The molecule has 0 saturated carbocycles. The third-order valence-electron chi connectivity index (χ3n) is 3.63. The minimum atomic E-state index is 0.328. The molecule has 0 bridgehead atoms. The third-order valence-corrected chi connectivity index (χ3v) is 3.63. The molecule has 0 unspecified atom stereocenters. The first-order chi connectivity index (χ1) is 10.3. The molecule has 21 heavy (non-hydrogen) atoms. The Morgan fingerprint density at radius 2 is 1.81 bits per heavy atom. The highest BCUT2D eigenvalue weighted by Crippen LogP contribution is 2.19. The summed E-state index contributed by atoms with van der Waals surface area (Å²) in [4.78, 5) is 0. The number of para-hydroxylation sites is 2. The largest absolute Gasteiger partial charge is 0.508 e. The summed E-state index contributed by atoms with van der Waals surface area (Å²) < 4.78 is 2.02. The molecule has 0 spiro atoms. The second-order valence-electron chi connectivity index (χ2n) is 5.01. The summed E-state index contributed by atoms with van der Waals surface area (Å²) in [6.07, 6.45) is 0. The number of aromatic nitrogens is 2. The number of rotatable bonds is 5. The SMILES string of the molecule is CCn1nc(CNCc2ccccc2O)c2ccccc21. The van der Waals surface area contributed by atoms with Crippen LogP contribution >= 0.6 is 0 Å². The Hall–Kier alpha value is -2.33. The van der Waals surface area contributed by atoms with E-state index >= 15 is 0 Å². The van der Waals surface area contributed by atoms with Crippen molar-refractivity contribution >= 4 is 10.9 Å². The number of hydrogen-bond acceptors (Lipinski definition) is 3. The fourth-order valence-electron chi connectivity index (χ4n) is 2.54. The zero-order chi connectivity index (χ0) is 14.7. The Morgan fingerprint density at radius 3 is 2.62 bits per heavy atom. The molecule has 0 fully saturated rings. The highest BCUT2D eigenvalue weighted by Gasteiger charge is 2.08. The lowest BCUT2D eigenvalue weighted by Gasteiger charge is -2.05. The number of phenolic OH excluding ortho intramolecular Hbond substituents is 1. The average Bonchev–Trinajstić information content (AvgIpc) is 2.88. The molecule has 0 radical (unpaired) electrons. The second-order valence-corrected chi connectivity index (χ2v) is 5.01. The van der Waals surface area contributed by atoms with Gasteiger partial charge in [-0.15, -0.1) is 0 Å². The van der Waals surface area contributed by atoms with Crippen LogP contribution < -0.4 is 5.32 Å². The van der Waals surface area contributed by atoms with Crippen LogP contribution in [0, 0.1) is 0 Å². The van der Waals surface area contributed by atoms with Gasteiger partial charge in [0, 0.05) is 30.6 Å². The number of benzene rings is 2. The third kappa shape index (κ3) is 2.76. The van der Waals surface area contributed by atoms with Crippen LogP contribution in [0.4, 0.5) is 0 Å². The van der Waals surface area contributed by atoms with Crippen molar-refractivity contribution in [3.05, 3.63) is 59.8 Å². The number of phenols is 1. The Labute approximate surface area is 124 Å². The topological polar surface area (TPSA) is 50.1 Å². The summed E-state index contributed by atoms with van der Waals surface area (Å²) in [5.41, 5.74) is 3.11. The highest BCUT2D eigenvalue weighted by molar-refractivity contribution is 5.81. The molecular weight excluding hydrogens is 262 g/mol. The number of nitrogens with one attached hydrogen (secondary N) is 1. The minimum absolute atomic E-state index is 0.328. The molecule has 3 aromatic rings. The van der Waals surface area contributed by atoms with Gasteiger partial charge in [-0.05, 0) is 19.1 Å². The number of nitrogens with zero attached hydrogens (tertiary/aromatic N) is 2. The molecule has 1 aromatic heterocycles. The highest BCUT2D eigenvalue weighted by atomic mass is 16.3. The van der Waals surface area contributed by atoms with Gasteiger partial charge in [0.1, 0.15) is 5.75 Å². The summed E-state index contributed by atoms with van der Waals surface area (Å²) >= 11 is 0. The first-order valence-corrected chi connectivity index (χ1v) is 7.21. The monoisotopic (exact) mass is 281 g/mol. The van der Waals surface area contributed by atoms with Gasteiger partial charge in [-0.25, -0.2) is 0 Å². The van der Waals surface area contributed by atoms with Crippen molar-refractivity contribution in [3.63, 3.8) is 0 Å². The number of hydrogen-bond donors (Lipinski definition) is 2.